The minimum atomic E-state index is -1.20. The van der Waals surface area contributed by atoms with Crippen molar-refractivity contribution in [3.63, 3.8) is 0 Å². The molecule has 2 aromatic carbocycles. The number of nitrogens with zero attached hydrogens (tertiary/aromatic N) is 2. The minimum Gasteiger partial charge on any atom is -0.545 e. The van der Waals surface area contributed by atoms with E-state index in [4.69, 9.17) is 0 Å². The summed E-state index contributed by atoms with van der Waals surface area (Å²) in [5.74, 6) is -1.20. The fourth-order valence-corrected chi connectivity index (χ4v) is 3.50. The van der Waals surface area contributed by atoms with Crippen LogP contribution in [-0.4, -0.2) is 15.9 Å². The van der Waals surface area contributed by atoms with E-state index in [9.17, 15) is 9.90 Å². The number of carbonyl (C=O) groups excluding carboxylic acids is 1. The van der Waals surface area contributed by atoms with Crippen molar-refractivity contribution in [1.29, 1.82) is 0 Å². The molecule has 0 atom stereocenters. The summed E-state index contributed by atoms with van der Waals surface area (Å²) in [7, 11) is 0. The molecule has 0 saturated carbocycles. The van der Waals surface area contributed by atoms with Gasteiger partial charge in [-0.2, -0.15) is 0 Å². The van der Waals surface area contributed by atoms with Gasteiger partial charge in [0.05, 0.1) is 32.4 Å². The van der Waals surface area contributed by atoms with Gasteiger partial charge in [0, 0.05) is 16.5 Å². The predicted molar refractivity (Wildman–Crippen MR) is 89.4 cm³/mol. The smallest absolute Gasteiger partial charge is 0.0907 e. The Morgan fingerprint density at radius 3 is 2.70 bits per heavy atom. The van der Waals surface area contributed by atoms with Gasteiger partial charge in [-0.1, -0.05) is 24.3 Å². The number of hydrogen-bond donors (Lipinski definition) is 0. The summed E-state index contributed by atoms with van der Waals surface area (Å²) in [6.45, 7) is 1.97. The zero-order valence-corrected chi connectivity index (χ0v) is 13.1. The van der Waals surface area contributed by atoms with E-state index < -0.39 is 5.97 Å². The van der Waals surface area contributed by atoms with Gasteiger partial charge in [0.1, 0.15) is 0 Å². The van der Waals surface area contributed by atoms with E-state index in [1.54, 1.807) is 35.6 Å². The number of rotatable bonds is 2. The molecule has 2 aromatic heterocycles. The van der Waals surface area contributed by atoms with Crippen molar-refractivity contribution < 1.29 is 9.90 Å². The van der Waals surface area contributed by atoms with Crippen molar-refractivity contribution >= 4 is 38.4 Å². The SMILES string of the molecule is Cc1nc2cc(-c3cc(C(=O)[O-])c4ccccc4n3)ccc2s1. The van der Waals surface area contributed by atoms with E-state index in [0.717, 1.165) is 20.8 Å². The van der Waals surface area contributed by atoms with Crippen LogP contribution >= 0.6 is 11.3 Å². The highest BCUT2D eigenvalue weighted by molar-refractivity contribution is 7.18. The topological polar surface area (TPSA) is 65.9 Å². The van der Waals surface area contributed by atoms with Crippen LogP contribution in [0.5, 0.6) is 0 Å². The Labute approximate surface area is 136 Å². The number of thiazole rings is 1. The fourth-order valence-electron chi connectivity index (χ4n) is 2.69. The average Bonchev–Trinajstić information content (AvgIpc) is 2.92. The number of pyridine rings is 1. The zero-order valence-electron chi connectivity index (χ0n) is 12.2. The monoisotopic (exact) mass is 319 g/mol. The summed E-state index contributed by atoms with van der Waals surface area (Å²) in [4.78, 5) is 20.5. The number of carboxylic acid groups (broad SMARTS) is 1. The van der Waals surface area contributed by atoms with Gasteiger partial charge < -0.3 is 9.90 Å². The highest BCUT2D eigenvalue weighted by Gasteiger charge is 2.10. The molecule has 112 valence electrons. The molecule has 0 bridgehead atoms. The van der Waals surface area contributed by atoms with Gasteiger partial charge in [-0.05, 0) is 31.2 Å². The number of aromatic nitrogens is 2. The van der Waals surface area contributed by atoms with Crippen molar-refractivity contribution in [3.8, 4) is 11.3 Å². The lowest BCUT2D eigenvalue weighted by molar-refractivity contribution is -0.254. The molecule has 4 rings (SSSR count). The summed E-state index contributed by atoms with van der Waals surface area (Å²) in [6, 6.07) is 14.6. The van der Waals surface area contributed by atoms with Crippen molar-refractivity contribution in [2.75, 3.05) is 0 Å². The molecule has 4 aromatic rings. The van der Waals surface area contributed by atoms with Crippen molar-refractivity contribution in [3.05, 3.63) is 59.1 Å². The molecule has 2 heterocycles. The van der Waals surface area contributed by atoms with Gasteiger partial charge >= 0.3 is 0 Å². The van der Waals surface area contributed by atoms with Gasteiger partial charge in [0.2, 0.25) is 0 Å². The number of carboxylic acids is 1. The van der Waals surface area contributed by atoms with E-state index >= 15 is 0 Å². The summed E-state index contributed by atoms with van der Waals surface area (Å²) >= 11 is 1.63. The normalized spacial score (nSPS) is 11.2. The van der Waals surface area contributed by atoms with Crippen LogP contribution in [0.2, 0.25) is 0 Å². The van der Waals surface area contributed by atoms with Gasteiger partial charge in [0.15, 0.2) is 0 Å². The molecule has 23 heavy (non-hydrogen) atoms. The average molecular weight is 319 g/mol. The third-order valence-corrected chi connectivity index (χ3v) is 4.68. The molecule has 4 nitrogen and oxygen atoms in total. The molecule has 0 aliphatic carbocycles. The van der Waals surface area contributed by atoms with Crippen LogP contribution in [-0.2, 0) is 0 Å². The first-order valence-electron chi connectivity index (χ1n) is 7.10. The number of benzene rings is 2. The summed E-state index contributed by atoms with van der Waals surface area (Å²) in [6.07, 6.45) is 0. The van der Waals surface area contributed by atoms with E-state index in [-0.39, 0.29) is 5.56 Å². The second-order valence-corrected chi connectivity index (χ2v) is 6.51. The number of hydrogen-bond acceptors (Lipinski definition) is 5. The Bertz CT molecular complexity index is 1070. The maximum atomic E-state index is 11.5. The Morgan fingerprint density at radius 2 is 1.87 bits per heavy atom. The maximum Gasteiger partial charge on any atom is 0.0907 e. The predicted octanol–water partition coefficient (Wildman–Crippen LogP) is 3.18. The number of aryl methyl sites for hydroxylation is 1. The van der Waals surface area contributed by atoms with Crippen LogP contribution in [0, 0.1) is 6.92 Å². The molecule has 5 heteroatoms. The summed E-state index contributed by atoms with van der Waals surface area (Å²) < 4.78 is 1.10. The van der Waals surface area contributed by atoms with Crippen molar-refractivity contribution in [2.24, 2.45) is 0 Å². The molecule has 0 amide bonds. The first-order chi connectivity index (χ1) is 11.1. The third kappa shape index (κ3) is 2.35. The molecular weight excluding hydrogens is 308 g/mol. The van der Waals surface area contributed by atoms with Crippen molar-refractivity contribution in [2.45, 2.75) is 6.92 Å². The minimum absolute atomic E-state index is 0.153. The van der Waals surface area contributed by atoms with Crippen LogP contribution in [0.4, 0.5) is 0 Å². The van der Waals surface area contributed by atoms with Gasteiger partial charge in [-0.3, -0.25) is 0 Å². The highest BCUT2D eigenvalue weighted by atomic mass is 32.1. The molecular formula is C18H11N2O2S-. The Hall–Kier alpha value is -2.79. The zero-order chi connectivity index (χ0) is 16.0. The summed E-state index contributed by atoms with van der Waals surface area (Å²) in [5, 5.41) is 13.0. The van der Waals surface area contributed by atoms with E-state index in [1.807, 2.05) is 31.2 Å². The lowest BCUT2D eigenvalue weighted by Gasteiger charge is -2.10. The molecule has 0 radical (unpaired) electrons. The largest absolute Gasteiger partial charge is 0.545 e. The standard InChI is InChI=1S/C18H12N2O2S/c1-10-19-16-8-11(6-7-17(16)23-10)15-9-13(18(21)22)12-4-2-3-5-14(12)20-15/h2-9H,1H3,(H,21,22)/p-1. The number of fused-ring (bicyclic) bond motifs is 2. The highest BCUT2D eigenvalue weighted by Crippen LogP contribution is 2.29. The van der Waals surface area contributed by atoms with E-state index in [2.05, 4.69) is 9.97 Å². The van der Waals surface area contributed by atoms with Gasteiger partial charge in [0.25, 0.3) is 0 Å². The first kappa shape index (κ1) is 13.8. The molecule has 0 unspecified atom stereocenters. The van der Waals surface area contributed by atoms with E-state index in [1.165, 1.54) is 0 Å². The molecule has 0 aliphatic heterocycles. The Kier molecular flexibility index (Phi) is 3.09. The van der Waals surface area contributed by atoms with Crippen LogP contribution < -0.4 is 5.11 Å². The van der Waals surface area contributed by atoms with Gasteiger partial charge in [-0.15, -0.1) is 11.3 Å². The third-order valence-electron chi connectivity index (χ3n) is 3.73. The Balaban J connectivity index is 1.97. The lowest BCUT2D eigenvalue weighted by atomic mass is 10.0. The first-order valence-corrected chi connectivity index (χ1v) is 7.92. The number of aromatic carboxylic acids is 1. The molecule has 0 saturated heterocycles. The molecule has 0 spiro atoms. The molecule has 0 fully saturated rings. The van der Waals surface area contributed by atoms with Crippen LogP contribution in [0.1, 0.15) is 15.4 Å². The summed E-state index contributed by atoms with van der Waals surface area (Å²) in [5.41, 5.74) is 3.14. The number of para-hydroxylation sites is 1. The quantitative estimate of drug-likeness (QED) is 0.569. The number of carbonyl (C=O) groups is 1. The van der Waals surface area contributed by atoms with Crippen LogP contribution in [0.15, 0.2) is 48.5 Å². The lowest BCUT2D eigenvalue weighted by Crippen LogP contribution is -2.22. The molecule has 0 aliphatic rings. The van der Waals surface area contributed by atoms with E-state index in [0.29, 0.717) is 16.6 Å². The van der Waals surface area contributed by atoms with Crippen LogP contribution in [0.3, 0.4) is 0 Å². The second-order valence-electron chi connectivity index (χ2n) is 5.28. The maximum absolute atomic E-state index is 11.5. The van der Waals surface area contributed by atoms with Gasteiger partial charge in [-0.25, -0.2) is 9.97 Å². The second kappa shape index (κ2) is 5.14. The fraction of sp³-hybridized carbons (Fsp3) is 0.0556. The Morgan fingerprint density at radius 1 is 1.04 bits per heavy atom. The van der Waals surface area contributed by atoms with Crippen LogP contribution in [0.25, 0.3) is 32.4 Å². The van der Waals surface area contributed by atoms with Crippen molar-refractivity contribution in [1.82, 2.24) is 9.97 Å². The molecule has 0 N–H and O–H groups in total.